The topological polar surface area (TPSA) is 114 Å². The molecule has 2 atom stereocenters. The van der Waals surface area contributed by atoms with Gasteiger partial charge in [-0.05, 0) is 13.3 Å². The number of benzene rings is 1. The monoisotopic (exact) mass is 402 g/mol. The van der Waals surface area contributed by atoms with Crippen LogP contribution in [0.25, 0.3) is 0 Å². The van der Waals surface area contributed by atoms with E-state index in [1.807, 2.05) is 0 Å². The van der Waals surface area contributed by atoms with Gasteiger partial charge < -0.3 is 14.6 Å². The minimum atomic E-state index is -0.806. The van der Waals surface area contributed by atoms with Crippen molar-refractivity contribution < 1.29 is 29.0 Å². The Hall–Kier alpha value is -2.68. The van der Waals surface area contributed by atoms with Crippen molar-refractivity contribution in [1.82, 2.24) is 5.43 Å². The third kappa shape index (κ3) is 5.66. The molecule has 1 aliphatic rings. The van der Waals surface area contributed by atoms with E-state index in [9.17, 15) is 19.5 Å². The first-order valence-corrected chi connectivity index (χ1v) is 9.29. The lowest BCUT2D eigenvalue weighted by atomic mass is 9.83. The van der Waals surface area contributed by atoms with Crippen LogP contribution in [0.4, 0.5) is 0 Å². The maximum Gasteiger partial charge on any atom is 0.240 e. The lowest BCUT2D eigenvalue weighted by molar-refractivity contribution is -0.121. The molecule has 8 heteroatoms. The summed E-state index contributed by atoms with van der Waals surface area (Å²) in [6.45, 7) is 1.74. The minimum Gasteiger partial charge on any atom is -0.388 e. The summed E-state index contributed by atoms with van der Waals surface area (Å²) in [4.78, 5) is 37.1. The van der Waals surface area contributed by atoms with Crippen LogP contribution in [0.2, 0.25) is 0 Å². The van der Waals surface area contributed by atoms with Crippen LogP contribution >= 0.6 is 0 Å². The molecule has 29 heavy (non-hydrogen) atoms. The zero-order valence-corrected chi connectivity index (χ0v) is 16.8. The van der Waals surface area contributed by atoms with Gasteiger partial charge in [-0.1, -0.05) is 24.3 Å². The molecule has 0 radical (unpaired) electrons. The van der Waals surface area contributed by atoms with Crippen molar-refractivity contribution in [2.24, 2.45) is 5.10 Å². The number of hydrogen-bond donors (Lipinski definition) is 2. The molecule has 0 fully saturated rings. The summed E-state index contributed by atoms with van der Waals surface area (Å²) >= 11 is 0. The van der Waals surface area contributed by atoms with Gasteiger partial charge in [0.15, 0.2) is 11.6 Å². The fourth-order valence-electron chi connectivity index (χ4n) is 3.11. The quantitative estimate of drug-likeness (QED) is 0.455. The molecule has 0 saturated carbocycles. The van der Waals surface area contributed by atoms with Crippen LogP contribution in [-0.4, -0.2) is 61.8 Å². The highest BCUT2D eigenvalue weighted by atomic mass is 16.5. The molecule has 1 aromatic carbocycles. The number of rotatable bonds is 10. The van der Waals surface area contributed by atoms with Gasteiger partial charge >= 0.3 is 0 Å². The number of nitrogens with zero attached hydrogens (tertiary/aromatic N) is 1. The van der Waals surface area contributed by atoms with Crippen molar-refractivity contribution in [3.63, 3.8) is 0 Å². The standard InChI is InChI=1S/C21H26N2O6/c1-13-14(21(27)16-7-5-4-6-15(16)20(13)26)8-9-19(25)23-22-11-10-18(29-3)17(24)12-28-2/h4-7,11,17-18,24H,8-10,12H2,1-3H3,(H,23,25)/b22-11+. The zero-order valence-electron chi connectivity index (χ0n) is 16.8. The number of Topliss-reactive ketones (excluding diaryl/α,β-unsaturated/α-hetero) is 2. The van der Waals surface area contributed by atoms with Crippen LogP contribution in [-0.2, 0) is 14.3 Å². The van der Waals surface area contributed by atoms with Crippen LogP contribution in [0.15, 0.2) is 40.5 Å². The minimum absolute atomic E-state index is 0.0191. The lowest BCUT2D eigenvalue weighted by Crippen LogP contribution is -2.32. The van der Waals surface area contributed by atoms with E-state index in [0.717, 1.165) is 0 Å². The number of hydrazone groups is 1. The average Bonchev–Trinajstić information content (AvgIpc) is 2.72. The number of amides is 1. The number of allylic oxidation sites excluding steroid dienone is 2. The highest BCUT2D eigenvalue weighted by Crippen LogP contribution is 2.28. The molecule has 1 aliphatic carbocycles. The second kappa shape index (κ2) is 10.8. The fraction of sp³-hybridized carbons (Fsp3) is 0.429. The average molecular weight is 402 g/mol. The first-order chi connectivity index (χ1) is 13.9. The van der Waals surface area contributed by atoms with E-state index in [-0.39, 0.29) is 43.3 Å². The molecule has 2 N–H and O–H groups in total. The third-order valence-electron chi connectivity index (χ3n) is 4.77. The number of carbonyl (C=O) groups excluding carboxylic acids is 3. The summed E-state index contributed by atoms with van der Waals surface area (Å²) in [5.74, 6) is -0.787. The SMILES string of the molecule is COCC(O)C(C/C=N/NC(=O)CCC1=C(C)C(=O)c2ccccc2C1=O)OC. The number of ether oxygens (including phenoxy) is 2. The Morgan fingerprint density at radius 1 is 1.21 bits per heavy atom. The number of hydrogen-bond acceptors (Lipinski definition) is 7. The predicted molar refractivity (Wildman–Crippen MR) is 107 cm³/mol. The molecule has 0 saturated heterocycles. The molecule has 2 unspecified atom stereocenters. The second-order valence-electron chi connectivity index (χ2n) is 6.69. The summed E-state index contributed by atoms with van der Waals surface area (Å²) < 4.78 is 10.0. The largest absolute Gasteiger partial charge is 0.388 e. The van der Waals surface area contributed by atoms with E-state index in [1.165, 1.54) is 20.4 Å². The maximum atomic E-state index is 12.7. The van der Waals surface area contributed by atoms with Gasteiger partial charge in [0, 0.05) is 55.5 Å². The van der Waals surface area contributed by atoms with E-state index in [0.29, 0.717) is 22.3 Å². The van der Waals surface area contributed by atoms with Gasteiger partial charge in [-0.15, -0.1) is 0 Å². The molecule has 156 valence electrons. The summed E-state index contributed by atoms with van der Waals surface area (Å²) in [6, 6.07) is 6.68. The molecule has 0 bridgehead atoms. The van der Waals surface area contributed by atoms with Crippen LogP contribution in [0.3, 0.4) is 0 Å². The Morgan fingerprint density at radius 2 is 1.86 bits per heavy atom. The van der Waals surface area contributed by atoms with E-state index in [2.05, 4.69) is 10.5 Å². The summed E-state index contributed by atoms with van der Waals surface area (Å²) in [5, 5.41) is 13.7. The molecular formula is C21H26N2O6. The van der Waals surface area contributed by atoms with Crippen molar-refractivity contribution in [3.8, 4) is 0 Å². The molecular weight excluding hydrogens is 376 g/mol. The predicted octanol–water partition coefficient (Wildman–Crippen LogP) is 1.68. The van der Waals surface area contributed by atoms with E-state index < -0.39 is 12.2 Å². The molecule has 8 nitrogen and oxygen atoms in total. The van der Waals surface area contributed by atoms with Crippen molar-refractivity contribution in [2.45, 2.75) is 38.4 Å². The normalized spacial score (nSPS) is 16.1. The van der Waals surface area contributed by atoms with E-state index >= 15 is 0 Å². The number of carbonyl (C=O) groups is 3. The van der Waals surface area contributed by atoms with Crippen molar-refractivity contribution in [2.75, 3.05) is 20.8 Å². The summed E-state index contributed by atoms with van der Waals surface area (Å²) in [5.41, 5.74) is 3.88. The Bertz CT molecular complexity index is 830. The van der Waals surface area contributed by atoms with Gasteiger partial charge in [0.05, 0.1) is 12.7 Å². The van der Waals surface area contributed by atoms with E-state index in [1.54, 1.807) is 31.2 Å². The molecule has 1 amide bonds. The first-order valence-electron chi connectivity index (χ1n) is 9.29. The fourth-order valence-corrected chi connectivity index (χ4v) is 3.11. The van der Waals surface area contributed by atoms with Crippen LogP contribution < -0.4 is 5.43 Å². The van der Waals surface area contributed by atoms with Gasteiger partial charge in [-0.25, -0.2) is 5.43 Å². The van der Waals surface area contributed by atoms with E-state index in [4.69, 9.17) is 9.47 Å². The van der Waals surface area contributed by atoms with Crippen LogP contribution in [0, 0.1) is 0 Å². The van der Waals surface area contributed by atoms with Crippen molar-refractivity contribution >= 4 is 23.7 Å². The highest BCUT2D eigenvalue weighted by Gasteiger charge is 2.29. The number of aliphatic hydroxyl groups is 1. The molecule has 2 rings (SSSR count). The molecule has 0 spiro atoms. The zero-order chi connectivity index (χ0) is 21.4. The number of nitrogens with one attached hydrogen (secondary N) is 1. The Labute approximate surface area is 169 Å². The number of methoxy groups -OCH3 is 2. The number of aliphatic hydroxyl groups excluding tert-OH is 1. The number of ketones is 2. The van der Waals surface area contributed by atoms with Crippen LogP contribution in [0.1, 0.15) is 46.9 Å². The van der Waals surface area contributed by atoms with Gasteiger partial charge in [-0.3, -0.25) is 14.4 Å². The Balaban J connectivity index is 1.88. The smallest absolute Gasteiger partial charge is 0.240 e. The second-order valence-corrected chi connectivity index (χ2v) is 6.69. The van der Waals surface area contributed by atoms with Gasteiger partial charge in [0.2, 0.25) is 5.91 Å². The Kier molecular flexibility index (Phi) is 8.38. The summed E-state index contributed by atoms with van der Waals surface area (Å²) in [7, 11) is 2.94. The maximum absolute atomic E-state index is 12.7. The Morgan fingerprint density at radius 3 is 2.48 bits per heavy atom. The van der Waals surface area contributed by atoms with Gasteiger partial charge in [-0.2, -0.15) is 5.10 Å². The van der Waals surface area contributed by atoms with Crippen LogP contribution in [0.5, 0.6) is 0 Å². The molecule has 0 aromatic heterocycles. The first kappa shape index (κ1) is 22.6. The summed E-state index contributed by atoms with van der Waals surface area (Å²) in [6.07, 6.45) is 0.579. The molecule has 1 aromatic rings. The molecule has 0 aliphatic heterocycles. The molecule has 0 heterocycles. The van der Waals surface area contributed by atoms with Gasteiger partial charge in [0.1, 0.15) is 6.10 Å². The van der Waals surface area contributed by atoms with Gasteiger partial charge in [0.25, 0.3) is 0 Å². The van der Waals surface area contributed by atoms with Crippen molar-refractivity contribution in [1.29, 1.82) is 0 Å². The van der Waals surface area contributed by atoms with Crippen molar-refractivity contribution in [3.05, 3.63) is 46.5 Å². The number of fused-ring (bicyclic) bond motifs is 1. The lowest BCUT2D eigenvalue weighted by Gasteiger charge is -2.19. The highest BCUT2D eigenvalue weighted by molar-refractivity contribution is 6.26. The third-order valence-corrected chi connectivity index (χ3v) is 4.77.